The molecule has 1 saturated heterocycles. The molecule has 0 unspecified atom stereocenters. The van der Waals surface area contributed by atoms with Crippen LogP contribution < -0.4 is 5.32 Å². The van der Waals surface area contributed by atoms with E-state index in [2.05, 4.69) is 10.2 Å². The molecule has 0 amide bonds. The zero-order valence-electron chi connectivity index (χ0n) is 7.89. The van der Waals surface area contributed by atoms with Crippen molar-refractivity contribution in [2.24, 2.45) is 0 Å². The van der Waals surface area contributed by atoms with Crippen molar-refractivity contribution >= 4 is 0 Å². The normalized spacial score (nSPS) is 27.0. The molecule has 1 aliphatic carbocycles. The molecule has 0 atom stereocenters. The van der Waals surface area contributed by atoms with Gasteiger partial charge in [-0.2, -0.15) is 0 Å². The van der Waals surface area contributed by atoms with Crippen molar-refractivity contribution in [2.45, 2.75) is 44.6 Å². The fraction of sp³-hybridized carbons (Fsp3) is 1.00. The van der Waals surface area contributed by atoms with Gasteiger partial charge in [-0.15, -0.1) is 0 Å². The van der Waals surface area contributed by atoms with Crippen molar-refractivity contribution in [3.63, 3.8) is 0 Å². The van der Waals surface area contributed by atoms with Crippen LogP contribution in [0.25, 0.3) is 0 Å². The Morgan fingerprint density at radius 2 is 1.67 bits per heavy atom. The molecule has 0 radical (unpaired) electrons. The van der Waals surface area contributed by atoms with E-state index in [1.54, 1.807) is 0 Å². The van der Waals surface area contributed by atoms with Crippen molar-refractivity contribution in [1.29, 1.82) is 0 Å². The molecular formula is C10H20N2. The van der Waals surface area contributed by atoms with Gasteiger partial charge in [-0.05, 0) is 38.8 Å². The molecule has 0 aromatic heterocycles. The largest absolute Gasteiger partial charge is 0.302 e. The molecule has 0 bridgehead atoms. The summed E-state index contributed by atoms with van der Waals surface area (Å²) in [6.45, 7) is 3.78. The van der Waals surface area contributed by atoms with E-state index in [0.717, 1.165) is 12.7 Å². The molecule has 2 nitrogen and oxygen atoms in total. The van der Waals surface area contributed by atoms with E-state index < -0.39 is 0 Å². The van der Waals surface area contributed by atoms with Gasteiger partial charge in [-0.1, -0.05) is 12.8 Å². The quantitative estimate of drug-likeness (QED) is 0.688. The van der Waals surface area contributed by atoms with Gasteiger partial charge in [0.05, 0.1) is 0 Å². The minimum absolute atomic E-state index is 0.839. The highest BCUT2D eigenvalue weighted by Crippen LogP contribution is 2.17. The molecule has 1 saturated carbocycles. The number of hydrogen-bond donors (Lipinski definition) is 1. The Balaban J connectivity index is 1.60. The van der Waals surface area contributed by atoms with E-state index in [4.69, 9.17) is 0 Å². The summed E-state index contributed by atoms with van der Waals surface area (Å²) in [5, 5.41) is 3.65. The fourth-order valence-corrected chi connectivity index (χ4v) is 2.33. The van der Waals surface area contributed by atoms with Crippen molar-refractivity contribution < 1.29 is 0 Å². The Morgan fingerprint density at radius 1 is 1.00 bits per heavy atom. The zero-order valence-corrected chi connectivity index (χ0v) is 7.89. The predicted octanol–water partition coefficient (Wildman–Crippen LogP) is 1.57. The lowest BCUT2D eigenvalue weighted by atomic mass is 10.3. The Labute approximate surface area is 75.3 Å². The van der Waals surface area contributed by atoms with E-state index in [9.17, 15) is 0 Å². The van der Waals surface area contributed by atoms with Gasteiger partial charge in [0, 0.05) is 12.7 Å². The number of nitrogens with zero attached hydrogens (tertiary/aromatic N) is 1. The summed E-state index contributed by atoms with van der Waals surface area (Å²) in [6, 6.07) is 0.839. The van der Waals surface area contributed by atoms with Crippen LogP contribution in [0.5, 0.6) is 0 Å². The lowest BCUT2D eigenvalue weighted by Gasteiger charge is -2.19. The average Bonchev–Trinajstić information content (AvgIpc) is 2.74. The van der Waals surface area contributed by atoms with Crippen LogP contribution in [0, 0.1) is 0 Å². The third-order valence-corrected chi connectivity index (χ3v) is 3.16. The molecule has 0 spiro atoms. The molecule has 70 valence electrons. The van der Waals surface area contributed by atoms with Crippen LogP contribution in [0.15, 0.2) is 0 Å². The van der Waals surface area contributed by atoms with Gasteiger partial charge < -0.3 is 5.32 Å². The first-order chi connectivity index (χ1) is 5.95. The summed E-state index contributed by atoms with van der Waals surface area (Å²) in [6.07, 6.45) is 8.52. The van der Waals surface area contributed by atoms with Gasteiger partial charge in [0.15, 0.2) is 0 Å². The van der Waals surface area contributed by atoms with Gasteiger partial charge in [0.2, 0.25) is 0 Å². The molecule has 1 aliphatic heterocycles. The van der Waals surface area contributed by atoms with Crippen LogP contribution in [-0.2, 0) is 0 Å². The summed E-state index contributed by atoms with van der Waals surface area (Å²) in [4.78, 5) is 2.54. The Kier molecular flexibility index (Phi) is 3.01. The first-order valence-electron chi connectivity index (χ1n) is 5.41. The summed E-state index contributed by atoms with van der Waals surface area (Å²) in [5.74, 6) is 0. The maximum Gasteiger partial charge on any atom is 0.0482 e. The molecule has 2 rings (SSSR count). The zero-order chi connectivity index (χ0) is 8.23. The summed E-state index contributed by atoms with van der Waals surface area (Å²) >= 11 is 0. The minimum Gasteiger partial charge on any atom is -0.302 e. The maximum absolute atomic E-state index is 3.65. The molecule has 12 heavy (non-hydrogen) atoms. The first-order valence-corrected chi connectivity index (χ1v) is 5.41. The lowest BCUT2D eigenvalue weighted by molar-refractivity contribution is 0.289. The third-order valence-electron chi connectivity index (χ3n) is 3.16. The van der Waals surface area contributed by atoms with E-state index in [-0.39, 0.29) is 0 Å². The summed E-state index contributed by atoms with van der Waals surface area (Å²) < 4.78 is 0. The number of rotatable bonds is 3. The second-order valence-corrected chi connectivity index (χ2v) is 4.17. The Morgan fingerprint density at radius 3 is 2.33 bits per heavy atom. The van der Waals surface area contributed by atoms with E-state index in [1.807, 2.05) is 0 Å². The molecule has 2 fully saturated rings. The maximum atomic E-state index is 3.65. The van der Waals surface area contributed by atoms with Crippen LogP contribution in [0.4, 0.5) is 0 Å². The van der Waals surface area contributed by atoms with Crippen molar-refractivity contribution in [3.8, 4) is 0 Å². The number of likely N-dealkylation sites (tertiary alicyclic amines) is 1. The van der Waals surface area contributed by atoms with Crippen LogP contribution in [0.1, 0.15) is 38.5 Å². The van der Waals surface area contributed by atoms with Crippen molar-refractivity contribution in [1.82, 2.24) is 10.2 Å². The first kappa shape index (κ1) is 8.52. The standard InChI is InChI=1S/C10H20N2/c1-2-6-10(5-1)11-9-12-7-3-4-8-12/h10-11H,1-9H2. The molecule has 2 aliphatic rings. The van der Waals surface area contributed by atoms with Crippen LogP contribution >= 0.6 is 0 Å². The van der Waals surface area contributed by atoms with Gasteiger partial charge in [-0.3, -0.25) is 4.90 Å². The number of hydrogen-bond acceptors (Lipinski definition) is 2. The van der Waals surface area contributed by atoms with Crippen LogP contribution in [0.3, 0.4) is 0 Å². The lowest BCUT2D eigenvalue weighted by Crippen LogP contribution is -2.37. The number of nitrogens with one attached hydrogen (secondary N) is 1. The van der Waals surface area contributed by atoms with Crippen LogP contribution in [0.2, 0.25) is 0 Å². The second-order valence-electron chi connectivity index (χ2n) is 4.17. The highest BCUT2D eigenvalue weighted by Gasteiger charge is 2.16. The third kappa shape index (κ3) is 2.20. The Bertz CT molecular complexity index is 108. The highest BCUT2D eigenvalue weighted by molar-refractivity contribution is 4.74. The highest BCUT2D eigenvalue weighted by atomic mass is 15.2. The SMILES string of the molecule is C1CCC(NCN2CCCC2)C1. The van der Waals surface area contributed by atoms with Crippen molar-refractivity contribution in [2.75, 3.05) is 19.8 Å². The van der Waals surface area contributed by atoms with Gasteiger partial charge in [-0.25, -0.2) is 0 Å². The van der Waals surface area contributed by atoms with Gasteiger partial charge in [0.1, 0.15) is 0 Å². The molecule has 1 N–H and O–H groups in total. The molecule has 0 aromatic rings. The topological polar surface area (TPSA) is 15.3 Å². The Hall–Kier alpha value is -0.0800. The molecule has 2 heteroatoms. The smallest absolute Gasteiger partial charge is 0.0482 e. The summed E-state index contributed by atoms with van der Waals surface area (Å²) in [7, 11) is 0. The monoisotopic (exact) mass is 168 g/mol. The van der Waals surface area contributed by atoms with E-state index >= 15 is 0 Å². The fourth-order valence-electron chi connectivity index (χ4n) is 2.33. The molecule has 0 aromatic carbocycles. The van der Waals surface area contributed by atoms with Crippen molar-refractivity contribution in [3.05, 3.63) is 0 Å². The molecule has 1 heterocycles. The van der Waals surface area contributed by atoms with Gasteiger partial charge in [0.25, 0.3) is 0 Å². The second kappa shape index (κ2) is 4.24. The molecular weight excluding hydrogens is 148 g/mol. The predicted molar refractivity (Wildman–Crippen MR) is 51.1 cm³/mol. The van der Waals surface area contributed by atoms with E-state index in [1.165, 1.54) is 51.6 Å². The minimum atomic E-state index is 0.839. The summed E-state index contributed by atoms with van der Waals surface area (Å²) in [5.41, 5.74) is 0. The van der Waals surface area contributed by atoms with Gasteiger partial charge >= 0.3 is 0 Å². The van der Waals surface area contributed by atoms with Crippen LogP contribution in [-0.4, -0.2) is 30.7 Å². The average molecular weight is 168 g/mol. The van der Waals surface area contributed by atoms with E-state index in [0.29, 0.717) is 0 Å².